The van der Waals surface area contributed by atoms with Crippen LogP contribution in [0.3, 0.4) is 0 Å². The molecular weight excluding hydrogens is 318 g/mol. The summed E-state index contributed by atoms with van der Waals surface area (Å²) in [5.41, 5.74) is 1.45. The minimum absolute atomic E-state index is 0.618. The Morgan fingerprint density at radius 3 is 2.35 bits per heavy atom. The summed E-state index contributed by atoms with van der Waals surface area (Å²) in [6.45, 7) is 0. The van der Waals surface area contributed by atoms with E-state index in [2.05, 4.69) is 41.2 Å². The fourth-order valence-electron chi connectivity index (χ4n) is 1.67. The van der Waals surface area contributed by atoms with Crippen molar-refractivity contribution >= 4 is 27.6 Å². The van der Waals surface area contributed by atoms with E-state index in [0.717, 1.165) is 11.5 Å². The van der Waals surface area contributed by atoms with Crippen molar-refractivity contribution in [3.63, 3.8) is 0 Å². The van der Waals surface area contributed by atoms with Gasteiger partial charge in [0.2, 0.25) is 0 Å². The predicted octanol–water partition coefficient (Wildman–Crippen LogP) is 3.44. The summed E-state index contributed by atoms with van der Waals surface area (Å²) in [4.78, 5) is 17.3. The largest absolute Gasteiger partial charge is 0.324 e. The molecule has 6 heteroatoms. The quantitative estimate of drug-likeness (QED) is 0.798. The highest BCUT2D eigenvalue weighted by Crippen LogP contribution is 2.24. The molecule has 20 heavy (non-hydrogen) atoms. The van der Waals surface area contributed by atoms with E-state index in [1.54, 1.807) is 18.6 Å². The highest BCUT2D eigenvalue weighted by molar-refractivity contribution is 9.10. The first-order valence-electron chi connectivity index (χ1n) is 5.95. The van der Waals surface area contributed by atoms with Gasteiger partial charge in [0.25, 0.3) is 0 Å². The van der Waals surface area contributed by atoms with Gasteiger partial charge in [0.15, 0.2) is 5.82 Å². The van der Waals surface area contributed by atoms with Gasteiger partial charge in [-0.1, -0.05) is 12.1 Å². The Morgan fingerprint density at radius 1 is 0.850 bits per heavy atom. The molecule has 0 unspecified atom stereocenters. The van der Waals surface area contributed by atoms with E-state index in [9.17, 15) is 0 Å². The first-order chi connectivity index (χ1) is 9.83. The van der Waals surface area contributed by atoms with Crippen molar-refractivity contribution in [1.29, 1.82) is 0 Å². The molecule has 0 saturated heterocycles. The van der Waals surface area contributed by atoms with Crippen LogP contribution in [-0.2, 0) is 0 Å². The van der Waals surface area contributed by atoms with Crippen LogP contribution < -0.4 is 5.32 Å². The van der Waals surface area contributed by atoms with E-state index in [1.165, 1.54) is 0 Å². The van der Waals surface area contributed by atoms with Crippen molar-refractivity contribution in [3.8, 4) is 11.4 Å². The molecular formula is C14H10BrN5. The van der Waals surface area contributed by atoms with Crippen molar-refractivity contribution in [2.24, 2.45) is 0 Å². The summed E-state index contributed by atoms with van der Waals surface area (Å²) in [5.74, 6) is 1.34. The molecule has 3 aromatic heterocycles. The van der Waals surface area contributed by atoms with Crippen LogP contribution in [0.15, 0.2) is 59.6 Å². The highest BCUT2D eigenvalue weighted by Gasteiger charge is 2.09. The maximum Gasteiger partial charge on any atom is 0.150 e. The summed E-state index contributed by atoms with van der Waals surface area (Å²) in [7, 11) is 0. The number of nitrogens with one attached hydrogen (secondary N) is 1. The van der Waals surface area contributed by atoms with Gasteiger partial charge < -0.3 is 5.32 Å². The summed E-state index contributed by atoms with van der Waals surface area (Å²) < 4.78 is 0.655. The second-order valence-corrected chi connectivity index (χ2v) is 4.70. The van der Waals surface area contributed by atoms with E-state index < -0.39 is 0 Å². The third kappa shape index (κ3) is 2.80. The molecule has 3 heterocycles. The first-order valence-corrected chi connectivity index (χ1v) is 6.74. The van der Waals surface area contributed by atoms with E-state index in [0.29, 0.717) is 16.1 Å². The summed E-state index contributed by atoms with van der Waals surface area (Å²) in [6.07, 6.45) is 5.09. The Hall–Kier alpha value is -2.34. The van der Waals surface area contributed by atoms with Gasteiger partial charge in [0.1, 0.15) is 16.1 Å². The van der Waals surface area contributed by atoms with E-state index in [-0.39, 0.29) is 0 Å². The minimum Gasteiger partial charge on any atom is -0.324 e. The molecule has 3 rings (SSSR count). The molecule has 0 fully saturated rings. The Labute approximate surface area is 124 Å². The molecule has 0 aromatic carbocycles. The minimum atomic E-state index is 0.618. The lowest BCUT2D eigenvalue weighted by molar-refractivity contribution is 1.14. The molecule has 0 saturated carbocycles. The van der Waals surface area contributed by atoms with Crippen LogP contribution in [0, 0.1) is 0 Å². The van der Waals surface area contributed by atoms with Crippen molar-refractivity contribution in [2.45, 2.75) is 0 Å². The fraction of sp³-hybridized carbons (Fsp3) is 0. The molecule has 5 nitrogen and oxygen atoms in total. The number of pyridine rings is 2. The Balaban J connectivity index is 1.95. The lowest BCUT2D eigenvalue weighted by atomic mass is 10.3. The van der Waals surface area contributed by atoms with Gasteiger partial charge in [-0.2, -0.15) is 0 Å². The molecule has 0 radical (unpaired) electrons. The number of nitrogens with zero attached hydrogens (tertiary/aromatic N) is 4. The number of halogens is 1. The van der Waals surface area contributed by atoms with Crippen molar-refractivity contribution in [2.75, 3.05) is 5.32 Å². The summed E-state index contributed by atoms with van der Waals surface area (Å²) in [6, 6.07) is 11.3. The second kappa shape index (κ2) is 5.75. The zero-order chi connectivity index (χ0) is 13.8. The number of hydrogen-bond acceptors (Lipinski definition) is 5. The predicted molar refractivity (Wildman–Crippen MR) is 80.5 cm³/mol. The van der Waals surface area contributed by atoms with Crippen LogP contribution in [0.5, 0.6) is 0 Å². The molecule has 0 aliphatic carbocycles. The van der Waals surface area contributed by atoms with Crippen LogP contribution in [0.25, 0.3) is 11.4 Å². The summed E-state index contributed by atoms with van der Waals surface area (Å²) in [5, 5.41) is 3.11. The highest BCUT2D eigenvalue weighted by atomic mass is 79.9. The van der Waals surface area contributed by atoms with Gasteiger partial charge >= 0.3 is 0 Å². The van der Waals surface area contributed by atoms with E-state index >= 15 is 0 Å². The number of aromatic nitrogens is 4. The van der Waals surface area contributed by atoms with Gasteiger partial charge in [0.05, 0.1) is 11.9 Å². The Bertz CT molecular complexity index is 703. The zero-order valence-corrected chi connectivity index (χ0v) is 11.9. The Kier molecular flexibility index (Phi) is 3.64. The van der Waals surface area contributed by atoms with E-state index in [1.807, 2.05) is 36.4 Å². The molecule has 0 atom stereocenters. The van der Waals surface area contributed by atoms with Gasteiger partial charge in [-0.15, -0.1) is 0 Å². The standard InChI is InChI=1S/C14H10BrN5/c15-14-13(10-5-1-3-7-16-10)20-12(9-18-14)19-11-6-2-4-8-17-11/h1-9H,(H,17,19,20). The monoisotopic (exact) mass is 327 g/mol. The molecule has 0 spiro atoms. The lowest BCUT2D eigenvalue weighted by Gasteiger charge is -2.07. The molecule has 3 aromatic rings. The Morgan fingerprint density at radius 2 is 1.65 bits per heavy atom. The molecule has 98 valence electrons. The third-order valence-electron chi connectivity index (χ3n) is 2.56. The zero-order valence-electron chi connectivity index (χ0n) is 10.4. The molecule has 0 amide bonds. The number of hydrogen-bond donors (Lipinski definition) is 1. The fourth-order valence-corrected chi connectivity index (χ4v) is 2.06. The molecule has 0 aliphatic rings. The van der Waals surface area contributed by atoms with Gasteiger partial charge in [0, 0.05) is 12.4 Å². The second-order valence-electron chi connectivity index (χ2n) is 3.95. The topological polar surface area (TPSA) is 63.6 Å². The van der Waals surface area contributed by atoms with Gasteiger partial charge in [-0.05, 0) is 40.2 Å². The van der Waals surface area contributed by atoms with Crippen molar-refractivity contribution < 1.29 is 0 Å². The van der Waals surface area contributed by atoms with Crippen LogP contribution >= 0.6 is 15.9 Å². The average molecular weight is 328 g/mol. The maximum atomic E-state index is 4.51. The van der Waals surface area contributed by atoms with Crippen LogP contribution in [0.2, 0.25) is 0 Å². The molecule has 1 N–H and O–H groups in total. The SMILES string of the molecule is Brc1ncc(Nc2ccccn2)nc1-c1ccccn1. The normalized spacial score (nSPS) is 10.2. The maximum absolute atomic E-state index is 4.51. The van der Waals surface area contributed by atoms with Crippen molar-refractivity contribution in [1.82, 2.24) is 19.9 Å². The van der Waals surface area contributed by atoms with Gasteiger partial charge in [-0.3, -0.25) is 4.98 Å². The van der Waals surface area contributed by atoms with Gasteiger partial charge in [-0.25, -0.2) is 15.0 Å². The first kappa shape index (κ1) is 12.7. The summed E-state index contributed by atoms with van der Waals surface area (Å²) >= 11 is 3.40. The smallest absolute Gasteiger partial charge is 0.150 e. The lowest BCUT2D eigenvalue weighted by Crippen LogP contribution is -1.99. The van der Waals surface area contributed by atoms with Crippen molar-refractivity contribution in [3.05, 3.63) is 59.6 Å². The van der Waals surface area contributed by atoms with Crippen LogP contribution in [0.1, 0.15) is 0 Å². The number of anilines is 2. The number of rotatable bonds is 3. The average Bonchev–Trinajstić information content (AvgIpc) is 2.51. The third-order valence-corrected chi connectivity index (χ3v) is 3.14. The molecule has 0 aliphatic heterocycles. The van der Waals surface area contributed by atoms with Crippen LogP contribution in [0.4, 0.5) is 11.6 Å². The molecule has 0 bridgehead atoms. The van der Waals surface area contributed by atoms with E-state index in [4.69, 9.17) is 0 Å². The van der Waals surface area contributed by atoms with Crippen LogP contribution in [-0.4, -0.2) is 19.9 Å².